The second-order valence-electron chi connectivity index (χ2n) is 5.18. The van der Waals surface area contributed by atoms with Gasteiger partial charge in [-0.25, -0.2) is 0 Å². The summed E-state index contributed by atoms with van der Waals surface area (Å²) in [4.78, 5) is 2.14. The molecule has 3 nitrogen and oxygen atoms in total. The van der Waals surface area contributed by atoms with Gasteiger partial charge in [-0.1, -0.05) is 12.1 Å². The highest BCUT2D eigenvalue weighted by Crippen LogP contribution is 2.27. The van der Waals surface area contributed by atoms with Crippen molar-refractivity contribution in [1.29, 1.82) is 0 Å². The third-order valence-corrected chi connectivity index (χ3v) is 3.46. The summed E-state index contributed by atoms with van der Waals surface area (Å²) in [5.41, 5.74) is 8.49. The van der Waals surface area contributed by atoms with Gasteiger partial charge in [0.05, 0.1) is 11.4 Å². The van der Waals surface area contributed by atoms with E-state index in [1.165, 1.54) is 30.6 Å². The Bertz CT molecular complexity index is 362. The van der Waals surface area contributed by atoms with Crippen LogP contribution < -0.4 is 16.0 Å². The Balaban J connectivity index is 2.07. The molecule has 1 saturated carbocycles. The number of benzene rings is 1. The summed E-state index contributed by atoms with van der Waals surface area (Å²) in [7, 11) is 4.15. The van der Waals surface area contributed by atoms with E-state index < -0.39 is 0 Å². The molecule has 0 amide bonds. The first-order chi connectivity index (χ1) is 8.16. The second kappa shape index (κ2) is 5.41. The quantitative estimate of drug-likeness (QED) is 0.842. The van der Waals surface area contributed by atoms with E-state index in [-0.39, 0.29) is 0 Å². The molecule has 1 aromatic carbocycles. The van der Waals surface area contributed by atoms with Gasteiger partial charge in [-0.15, -0.1) is 0 Å². The van der Waals surface area contributed by atoms with E-state index in [4.69, 9.17) is 5.73 Å². The maximum absolute atomic E-state index is 6.03. The van der Waals surface area contributed by atoms with Crippen molar-refractivity contribution in [1.82, 2.24) is 0 Å². The fourth-order valence-electron chi connectivity index (χ4n) is 2.56. The van der Waals surface area contributed by atoms with Crippen LogP contribution in [0.4, 0.5) is 11.4 Å². The van der Waals surface area contributed by atoms with Crippen LogP contribution >= 0.6 is 0 Å². The molecule has 0 aliphatic heterocycles. The highest BCUT2D eigenvalue weighted by Gasteiger charge is 2.19. The molecule has 1 fully saturated rings. The average molecular weight is 233 g/mol. The van der Waals surface area contributed by atoms with Crippen LogP contribution in [0.15, 0.2) is 24.3 Å². The lowest BCUT2D eigenvalue weighted by Gasteiger charge is -2.29. The minimum absolute atomic E-state index is 0.368. The number of hydrogen-bond donors (Lipinski definition) is 2. The Hall–Kier alpha value is -1.22. The Morgan fingerprint density at radius 2 is 2.00 bits per heavy atom. The molecule has 1 aromatic rings. The molecule has 0 heterocycles. The Morgan fingerprint density at radius 1 is 1.24 bits per heavy atom. The van der Waals surface area contributed by atoms with Crippen molar-refractivity contribution in [2.45, 2.75) is 37.8 Å². The zero-order chi connectivity index (χ0) is 12.3. The van der Waals surface area contributed by atoms with Crippen molar-refractivity contribution in [3.63, 3.8) is 0 Å². The molecule has 94 valence electrons. The average Bonchev–Trinajstić information content (AvgIpc) is 2.29. The van der Waals surface area contributed by atoms with Crippen LogP contribution in [0.2, 0.25) is 0 Å². The molecule has 17 heavy (non-hydrogen) atoms. The number of nitrogens with two attached hydrogens (primary N) is 1. The number of nitrogens with zero attached hydrogens (tertiary/aromatic N) is 1. The van der Waals surface area contributed by atoms with E-state index in [1.807, 2.05) is 0 Å². The molecule has 3 heteroatoms. The molecule has 1 aliphatic rings. The fraction of sp³-hybridized carbons (Fsp3) is 0.571. The topological polar surface area (TPSA) is 41.3 Å². The van der Waals surface area contributed by atoms with Crippen molar-refractivity contribution in [2.75, 3.05) is 24.3 Å². The summed E-state index contributed by atoms with van der Waals surface area (Å²) < 4.78 is 0. The van der Waals surface area contributed by atoms with Crippen LogP contribution in [0.1, 0.15) is 25.7 Å². The molecular formula is C14H23N3. The number of rotatable bonds is 3. The second-order valence-corrected chi connectivity index (χ2v) is 5.18. The van der Waals surface area contributed by atoms with Gasteiger partial charge in [-0.3, -0.25) is 0 Å². The smallest absolute Gasteiger partial charge is 0.0596 e. The zero-order valence-electron chi connectivity index (χ0n) is 10.8. The zero-order valence-corrected chi connectivity index (χ0v) is 10.8. The largest absolute Gasteiger partial charge is 0.381 e. The van der Waals surface area contributed by atoms with E-state index in [1.54, 1.807) is 0 Å². The van der Waals surface area contributed by atoms with Gasteiger partial charge in [0.1, 0.15) is 0 Å². The van der Waals surface area contributed by atoms with Crippen molar-refractivity contribution in [3.8, 4) is 0 Å². The molecule has 0 radical (unpaired) electrons. The molecule has 0 saturated heterocycles. The Morgan fingerprint density at radius 3 is 2.71 bits per heavy atom. The van der Waals surface area contributed by atoms with Gasteiger partial charge >= 0.3 is 0 Å². The maximum atomic E-state index is 6.03. The first kappa shape index (κ1) is 12.2. The highest BCUT2D eigenvalue weighted by atomic mass is 15.1. The minimum Gasteiger partial charge on any atom is -0.381 e. The van der Waals surface area contributed by atoms with E-state index in [0.717, 1.165) is 6.42 Å². The third kappa shape index (κ3) is 3.13. The summed E-state index contributed by atoms with van der Waals surface area (Å²) in [6, 6.07) is 9.35. The van der Waals surface area contributed by atoms with Crippen molar-refractivity contribution in [2.24, 2.45) is 5.73 Å². The summed E-state index contributed by atoms with van der Waals surface area (Å²) in [5.74, 6) is 0. The molecule has 0 spiro atoms. The summed E-state index contributed by atoms with van der Waals surface area (Å²) in [6.45, 7) is 0. The van der Waals surface area contributed by atoms with E-state index in [2.05, 4.69) is 48.6 Å². The molecular weight excluding hydrogens is 210 g/mol. The molecule has 0 bridgehead atoms. The SMILES string of the molecule is CN(C)c1ccccc1NC1CCCC(N)C1. The van der Waals surface area contributed by atoms with Crippen molar-refractivity contribution < 1.29 is 0 Å². The molecule has 3 N–H and O–H groups in total. The highest BCUT2D eigenvalue weighted by molar-refractivity contribution is 5.69. The molecule has 1 aliphatic carbocycles. The Labute approximate surface area is 104 Å². The van der Waals surface area contributed by atoms with Crippen LogP contribution in [0, 0.1) is 0 Å². The Kier molecular flexibility index (Phi) is 3.89. The van der Waals surface area contributed by atoms with E-state index >= 15 is 0 Å². The van der Waals surface area contributed by atoms with Crippen LogP contribution in [-0.2, 0) is 0 Å². The fourth-order valence-corrected chi connectivity index (χ4v) is 2.56. The molecule has 2 rings (SSSR count). The van der Waals surface area contributed by atoms with Gasteiger partial charge in [0.25, 0.3) is 0 Å². The predicted molar refractivity (Wildman–Crippen MR) is 74.6 cm³/mol. The van der Waals surface area contributed by atoms with Gasteiger partial charge < -0.3 is 16.0 Å². The van der Waals surface area contributed by atoms with Crippen LogP contribution in [0.3, 0.4) is 0 Å². The number of para-hydroxylation sites is 2. The monoisotopic (exact) mass is 233 g/mol. The first-order valence-corrected chi connectivity index (χ1v) is 6.45. The maximum Gasteiger partial charge on any atom is 0.0596 e. The first-order valence-electron chi connectivity index (χ1n) is 6.45. The molecule has 2 atom stereocenters. The van der Waals surface area contributed by atoms with Gasteiger partial charge in [0.2, 0.25) is 0 Å². The molecule has 0 aromatic heterocycles. The van der Waals surface area contributed by atoms with Gasteiger partial charge in [0, 0.05) is 26.2 Å². The van der Waals surface area contributed by atoms with Gasteiger partial charge in [-0.05, 0) is 37.8 Å². The van der Waals surface area contributed by atoms with Gasteiger partial charge in [0.15, 0.2) is 0 Å². The summed E-state index contributed by atoms with van der Waals surface area (Å²) in [6.07, 6.45) is 4.73. The minimum atomic E-state index is 0.368. The standard InChI is InChI=1S/C14H23N3/c1-17(2)14-9-4-3-8-13(14)16-12-7-5-6-11(15)10-12/h3-4,8-9,11-12,16H,5-7,10,15H2,1-2H3. The lowest BCUT2D eigenvalue weighted by atomic mass is 9.91. The van der Waals surface area contributed by atoms with E-state index in [9.17, 15) is 0 Å². The third-order valence-electron chi connectivity index (χ3n) is 3.46. The lowest BCUT2D eigenvalue weighted by Crippen LogP contribution is -2.35. The van der Waals surface area contributed by atoms with Crippen LogP contribution in [0.25, 0.3) is 0 Å². The predicted octanol–water partition coefficient (Wildman–Crippen LogP) is 2.43. The van der Waals surface area contributed by atoms with Crippen LogP contribution in [0.5, 0.6) is 0 Å². The summed E-state index contributed by atoms with van der Waals surface area (Å²) >= 11 is 0. The number of hydrogen-bond acceptors (Lipinski definition) is 3. The van der Waals surface area contributed by atoms with Crippen molar-refractivity contribution >= 4 is 11.4 Å². The van der Waals surface area contributed by atoms with Crippen LogP contribution in [-0.4, -0.2) is 26.2 Å². The normalized spacial score (nSPS) is 24.4. The lowest BCUT2D eigenvalue weighted by molar-refractivity contribution is 0.409. The number of nitrogens with one attached hydrogen (secondary N) is 1. The van der Waals surface area contributed by atoms with E-state index in [0.29, 0.717) is 12.1 Å². The van der Waals surface area contributed by atoms with Crippen molar-refractivity contribution in [3.05, 3.63) is 24.3 Å². The molecule has 2 unspecified atom stereocenters. The summed E-state index contributed by atoms with van der Waals surface area (Å²) in [5, 5.41) is 3.64. The number of anilines is 2. The van der Waals surface area contributed by atoms with Gasteiger partial charge in [-0.2, -0.15) is 0 Å².